The quantitative estimate of drug-likeness (QED) is 0.320. The Bertz CT molecular complexity index is 1640. The molecule has 3 aliphatic carbocycles. The molecule has 46 heavy (non-hydrogen) atoms. The molecule has 4 bridgehead atoms. The standard InChI is InChI=1S/C36H45ClN2O6S/c1-22-23(2)46(41,42)38-35(40)25-7-11-33-32(18-25)39(20-36(21-45-33)12-4-5-24-17-29(37)8-10-31(24)36)19-26-6-9-30(26)34(44-14-13-43-3)28-15-27(22)16-28/h7-8,10-11,15,17-18,22-23,26-27,30,34H,4-6,9,12-14,16,19-21H2,1-3H3,(H,38,40)/t22-,23-,26+,27?,30-,34+,36+/m1/s1. The largest absolute Gasteiger partial charge is 0.490 e. The highest BCUT2D eigenvalue weighted by atomic mass is 35.5. The summed E-state index contributed by atoms with van der Waals surface area (Å²) in [7, 11) is -2.23. The van der Waals surface area contributed by atoms with Gasteiger partial charge in [-0.1, -0.05) is 30.7 Å². The zero-order chi connectivity index (χ0) is 32.2. The van der Waals surface area contributed by atoms with Crippen LogP contribution in [0.1, 0.15) is 67.4 Å². The summed E-state index contributed by atoms with van der Waals surface area (Å²) in [5.74, 6) is 0.813. The molecule has 0 saturated heterocycles. The lowest BCUT2D eigenvalue weighted by Crippen LogP contribution is -2.51. The summed E-state index contributed by atoms with van der Waals surface area (Å²) < 4.78 is 47.9. The zero-order valence-corrected chi connectivity index (χ0v) is 28.5. The summed E-state index contributed by atoms with van der Waals surface area (Å²) in [5.41, 5.74) is 4.73. The molecule has 10 heteroatoms. The molecule has 2 aromatic rings. The first-order valence-electron chi connectivity index (χ1n) is 16.8. The molecule has 1 spiro atoms. The lowest BCUT2D eigenvalue weighted by atomic mass is 9.64. The summed E-state index contributed by atoms with van der Waals surface area (Å²) in [6, 6.07) is 11.6. The number of anilines is 1. The van der Waals surface area contributed by atoms with Gasteiger partial charge in [0.25, 0.3) is 5.91 Å². The second kappa shape index (κ2) is 12.5. The van der Waals surface area contributed by atoms with Gasteiger partial charge in [-0.2, -0.15) is 0 Å². The van der Waals surface area contributed by atoms with Gasteiger partial charge in [0.15, 0.2) is 0 Å². The first kappa shape index (κ1) is 32.0. The number of carbonyl (C=O) groups excluding carboxylic acids is 1. The number of benzene rings is 2. The fourth-order valence-corrected chi connectivity index (χ4v) is 10.0. The van der Waals surface area contributed by atoms with Crippen molar-refractivity contribution in [2.75, 3.05) is 44.9 Å². The highest BCUT2D eigenvalue weighted by Crippen LogP contribution is 2.49. The number of hydrogen-bond acceptors (Lipinski definition) is 7. The van der Waals surface area contributed by atoms with Gasteiger partial charge in [0.1, 0.15) is 5.75 Å². The molecule has 1 fully saturated rings. The number of rotatable bonds is 4. The Kier molecular flexibility index (Phi) is 8.66. The van der Waals surface area contributed by atoms with Crippen LogP contribution in [-0.2, 0) is 31.3 Å². The van der Waals surface area contributed by atoms with Crippen LogP contribution in [0.25, 0.3) is 0 Å². The topological polar surface area (TPSA) is 94.2 Å². The van der Waals surface area contributed by atoms with Crippen molar-refractivity contribution in [2.24, 2.45) is 23.7 Å². The van der Waals surface area contributed by atoms with E-state index in [-0.39, 0.29) is 23.4 Å². The summed E-state index contributed by atoms with van der Waals surface area (Å²) in [6.45, 7) is 6.76. The SMILES string of the molecule is COCCO[C@H]1C2=CC(C2)[C@H](C)[C@@H](C)S(=O)(=O)NC(=O)c2ccc3c(c2)N(C[C@@H]2CC[C@H]21)C[C@@]1(CCCc2cc(Cl)ccc21)CO3. The van der Waals surface area contributed by atoms with E-state index in [1.165, 1.54) is 16.7 Å². The van der Waals surface area contributed by atoms with Gasteiger partial charge in [-0.25, -0.2) is 13.1 Å². The smallest absolute Gasteiger partial charge is 0.264 e. The number of amides is 1. The van der Waals surface area contributed by atoms with Gasteiger partial charge in [0, 0.05) is 36.2 Å². The van der Waals surface area contributed by atoms with Gasteiger partial charge in [-0.15, -0.1) is 0 Å². The molecular weight excluding hydrogens is 624 g/mol. The number of carbonyl (C=O) groups is 1. The molecule has 1 unspecified atom stereocenters. The third-order valence-corrected chi connectivity index (χ3v) is 13.7. The Morgan fingerprint density at radius 1 is 1.13 bits per heavy atom. The van der Waals surface area contributed by atoms with E-state index in [9.17, 15) is 13.2 Å². The van der Waals surface area contributed by atoms with Crippen LogP contribution < -0.4 is 14.4 Å². The Morgan fingerprint density at radius 2 is 1.96 bits per heavy atom. The van der Waals surface area contributed by atoms with Crippen LogP contribution in [0.5, 0.6) is 5.75 Å². The van der Waals surface area contributed by atoms with Gasteiger partial charge < -0.3 is 19.1 Å². The fourth-order valence-electron chi connectivity index (χ4n) is 8.50. The predicted molar refractivity (Wildman–Crippen MR) is 179 cm³/mol. The molecule has 7 atom stereocenters. The number of fused-ring (bicyclic) bond motifs is 6. The van der Waals surface area contributed by atoms with E-state index in [1.807, 2.05) is 25.1 Å². The van der Waals surface area contributed by atoms with Crippen molar-refractivity contribution >= 4 is 33.2 Å². The number of nitrogens with zero attached hydrogens (tertiary/aromatic N) is 1. The lowest BCUT2D eigenvalue weighted by molar-refractivity contribution is -0.0418. The third-order valence-electron chi connectivity index (χ3n) is 11.6. The number of aryl methyl sites for hydroxylation is 1. The first-order chi connectivity index (χ1) is 22.1. The van der Waals surface area contributed by atoms with Crippen molar-refractivity contribution in [1.82, 2.24) is 4.72 Å². The Balaban J connectivity index is 1.30. The molecule has 1 amide bonds. The average Bonchev–Trinajstić information content (AvgIpc) is 3.14. The van der Waals surface area contributed by atoms with Crippen molar-refractivity contribution in [1.29, 1.82) is 0 Å². The Labute approximate surface area is 277 Å². The molecule has 248 valence electrons. The Morgan fingerprint density at radius 3 is 2.72 bits per heavy atom. The monoisotopic (exact) mass is 668 g/mol. The molecule has 1 saturated carbocycles. The van der Waals surface area contributed by atoms with Crippen molar-refractivity contribution in [2.45, 2.75) is 69.1 Å². The Hall–Kier alpha value is -2.59. The van der Waals surface area contributed by atoms with Crippen molar-refractivity contribution in [3.63, 3.8) is 0 Å². The van der Waals surface area contributed by atoms with Crippen molar-refractivity contribution < 1.29 is 27.4 Å². The van der Waals surface area contributed by atoms with E-state index in [1.54, 1.807) is 20.1 Å². The van der Waals surface area contributed by atoms with Gasteiger partial charge in [-0.05, 0) is 116 Å². The van der Waals surface area contributed by atoms with Gasteiger partial charge in [0.2, 0.25) is 10.0 Å². The van der Waals surface area contributed by atoms with Crippen LogP contribution in [0.2, 0.25) is 5.02 Å². The summed E-state index contributed by atoms with van der Waals surface area (Å²) in [4.78, 5) is 15.9. The summed E-state index contributed by atoms with van der Waals surface area (Å²) in [6.07, 6.45) is 8.22. The normalized spacial score (nSPS) is 33.3. The minimum Gasteiger partial charge on any atom is -0.490 e. The van der Waals surface area contributed by atoms with E-state index in [0.717, 1.165) is 62.3 Å². The summed E-state index contributed by atoms with van der Waals surface area (Å²) in [5, 5.41) is 0.00850. The molecule has 0 radical (unpaired) electrons. The minimum absolute atomic E-state index is 0.0163. The maximum absolute atomic E-state index is 13.5. The van der Waals surface area contributed by atoms with Gasteiger partial charge in [-0.3, -0.25) is 4.79 Å². The fraction of sp³-hybridized carbons (Fsp3) is 0.583. The third kappa shape index (κ3) is 5.75. The minimum atomic E-state index is -3.92. The van der Waals surface area contributed by atoms with E-state index >= 15 is 0 Å². The number of ether oxygens (including phenoxy) is 3. The predicted octanol–water partition coefficient (Wildman–Crippen LogP) is 5.92. The van der Waals surface area contributed by atoms with E-state index in [0.29, 0.717) is 43.0 Å². The lowest BCUT2D eigenvalue weighted by Gasteiger charge is -2.48. The summed E-state index contributed by atoms with van der Waals surface area (Å²) >= 11 is 6.44. The van der Waals surface area contributed by atoms with Crippen LogP contribution in [0, 0.1) is 23.7 Å². The second-order valence-corrected chi connectivity index (χ2v) is 16.7. The molecular formula is C36H45ClN2O6S. The molecule has 6 aliphatic rings. The van der Waals surface area contributed by atoms with E-state index in [4.69, 9.17) is 25.8 Å². The average molecular weight is 669 g/mol. The second-order valence-electron chi connectivity index (χ2n) is 14.2. The number of allylic oxidation sites excluding steroid dienone is 1. The molecule has 3 aliphatic heterocycles. The van der Waals surface area contributed by atoms with E-state index < -0.39 is 21.2 Å². The molecule has 8 rings (SSSR count). The van der Waals surface area contributed by atoms with Crippen LogP contribution in [-0.4, -0.2) is 65.7 Å². The highest BCUT2D eigenvalue weighted by Gasteiger charge is 2.47. The van der Waals surface area contributed by atoms with E-state index in [2.05, 4.69) is 27.8 Å². The number of halogens is 1. The van der Waals surface area contributed by atoms with Gasteiger partial charge >= 0.3 is 0 Å². The van der Waals surface area contributed by atoms with Crippen LogP contribution in [0.4, 0.5) is 5.69 Å². The molecule has 1 N–H and O–H groups in total. The highest BCUT2D eigenvalue weighted by molar-refractivity contribution is 7.90. The first-order valence-corrected chi connectivity index (χ1v) is 18.7. The number of sulfonamides is 1. The van der Waals surface area contributed by atoms with Crippen molar-refractivity contribution in [3.05, 3.63) is 69.8 Å². The zero-order valence-electron chi connectivity index (χ0n) is 27.0. The number of nitrogens with one attached hydrogen (secondary N) is 1. The molecule has 3 heterocycles. The molecule has 2 aromatic carbocycles. The van der Waals surface area contributed by atoms with Gasteiger partial charge in [0.05, 0.1) is 36.9 Å². The van der Waals surface area contributed by atoms with Crippen LogP contribution in [0.15, 0.2) is 48.0 Å². The molecule has 8 nitrogen and oxygen atoms in total. The number of hydrogen-bond donors (Lipinski definition) is 1. The maximum atomic E-state index is 13.5. The van der Waals surface area contributed by atoms with Crippen LogP contribution in [0.3, 0.4) is 0 Å². The molecule has 0 aromatic heterocycles. The van der Waals surface area contributed by atoms with Crippen molar-refractivity contribution in [3.8, 4) is 5.75 Å². The van der Waals surface area contributed by atoms with Crippen LogP contribution >= 0.6 is 11.6 Å². The number of methoxy groups -OCH3 is 1. The maximum Gasteiger partial charge on any atom is 0.264 e.